The predicted octanol–water partition coefficient (Wildman–Crippen LogP) is 3.96. The molecule has 1 aromatic heterocycles. The number of hydrogen-bond acceptors (Lipinski definition) is 9. The molecule has 0 bridgehead atoms. The average Bonchev–Trinajstić information content (AvgIpc) is 2.97. The maximum absolute atomic E-state index is 12.4. The lowest BCUT2D eigenvalue weighted by Crippen LogP contribution is -2.26. The normalized spacial score (nSPS) is 11.9. The second-order valence-corrected chi connectivity index (χ2v) is 9.11. The molecule has 4 aromatic rings. The maximum Gasteiger partial charge on any atom is 0.328 e. The quantitative estimate of drug-likeness (QED) is 0.205. The van der Waals surface area contributed by atoms with E-state index in [4.69, 9.17) is 30.1 Å². The first-order valence-electron chi connectivity index (χ1n) is 12.4. The van der Waals surface area contributed by atoms with Gasteiger partial charge in [-0.25, -0.2) is 0 Å². The van der Waals surface area contributed by atoms with Gasteiger partial charge in [0, 0.05) is 25.2 Å². The summed E-state index contributed by atoms with van der Waals surface area (Å²) in [7, 11) is 3.29. The lowest BCUT2D eigenvalue weighted by Gasteiger charge is -2.20. The summed E-state index contributed by atoms with van der Waals surface area (Å²) in [5.41, 5.74) is 7.54. The number of anilines is 1. The SMILES string of the molecule is CN(C)C(=O)c1cccc(Oc2nc(Oc3cc(C(=N)N)ccc3OCc3ccccc3)nc3c2NC(=O)CO3)c1. The van der Waals surface area contributed by atoms with Gasteiger partial charge < -0.3 is 34.9 Å². The van der Waals surface area contributed by atoms with E-state index >= 15 is 0 Å². The lowest BCUT2D eigenvalue weighted by molar-refractivity contribution is -0.118. The number of amidine groups is 1. The van der Waals surface area contributed by atoms with Crippen molar-refractivity contribution in [2.24, 2.45) is 5.73 Å². The van der Waals surface area contributed by atoms with Crippen molar-refractivity contribution in [3.63, 3.8) is 0 Å². The zero-order valence-electron chi connectivity index (χ0n) is 22.2. The molecular weight excluding hydrogens is 528 g/mol. The Kier molecular flexibility index (Phi) is 7.63. The molecule has 0 spiro atoms. The fourth-order valence-corrected chi connectivity index (χ4v) is 3.81. The minimum atomic E-state index is -0.415. The summed E-state index contributed by atoms with van der Waals surface area (Å²) in [6.45, 7) is -0.00580. The molecule has 2 amide bonds. The number of fused-ring (bicyclic) bond motifs is 1. The number of nitrogens with one attached hydrogen (secondary N) is 2. The summed E-state index contributed by atoms with van der Waals surface area (Å²) in [5, 5.41) is 10.5. The second-order valence-electron chi connectivity index (χ2n) is 9.11. The summed E-state index contributed by atoms with van der Waals surface area (Å²) in [4.78, 5) is 34.6. The topological polar surface area (TPSA) is 162 Å². The summed E-state index contributed by atoms with van der Waals surface area (Å²) in [6, 6.07) is 20.7. The van der Waals surface area contributed by atoms with Crippen molar-refractivity contribution in [3.8, 4) is 35.0 Å². The summed E-state index contributed by atoms with van der Waals surface area (Å²) in [6.07, 6.45) is 0. The first-order valence-corrected chi connectivity index (χ1v) is 12.4. The molecule has 4 N–H and O–H groups in total. The van der Waals surface area contributed by atoms with Crippen molar-refractivity contribution in [3.05, 3.63) is 89.5 Å². The highest BCUT2D eigenvalue weighted by Crippen LogP contribution is 2.40. The number of nitrogens with zero attached hydrogens (tertiary/aromatic N) is 3. The van der Waals surface area contributed by atoms with Crippen molar-refractivity contribution in [2.45, 2.75) is 6.61 Å². The molecule has 0 saturated carbocycles. The number of nitrogens with two attached hydrogens (primary N) is 1. The molecule has 41 heavy (non-hydrogen) atoms. The van der Waals surface area contributed by atoms with Crippen LogP contribution in [-0.4, -0.2) is 53.2 Å². The Bertz CT molecular complexity index is 1630. The molecule has 1 aliphatic heterocycles. The molecule has 208 valence electrons. The third-order valence-corrected chi connectivity index (χ3v) is 5.82. The highest BCUT2D eigenvalue weighted by atomic mass is 16.5. The van der Waals surface area contributed by atoms with Crippen LogP contribution in [0.25, 0.3) is 0 Å². The number of amides is 2. The molecule has 0 atom stereocenters. The predicted molar refractivity (Wildman–Crippen MR) is 149 cm³/mol. The van der Waals surface area contributed by atoms with Gasteiger partial charge in [0.05, 0.1) is 0 Å². The van der Waals surface area contributed by atoms with E-state index in [1.54, 1.807) is 50.5 Å². The molecule has 0 fully saturated rings. The molecule has 0 radical (unpaired) electrons. The number of carbonyl (C=O) groups excluding carboxylic acids is 2. The van der Waals surface area contributed by atoms with Gasteiger partial charge in [-0.05, 0) is 42.0 Å². The molecule has 12 nitrogen and oxygen atoms in total. The smallest absolute Gasteiger partial charge is 0.328 e. The number of aromatic nitrogens is 2. The van der Waals surface area contributed by atoms with Crippen LogP contribution in [0.1, 0.15) is 21.5 Å². The van der Waals surface area contributed by atoms with Gasteiger partial charge in [-0.15, -0.1) is 0 Å². The average molecular weight is 555 g/mol. The first-order chi connectivity index (χ1) is 19.8. The van der Waals surface area contributed by atoms with Crippen molar-refractivity contribution in [1.29, 1.82) is 5.41 Å². The number of ether oxygens (including phenoxy) is 4. The first kappa shape index (κ1) is 26.9. The lowest BCUT2D eigenvalue weighted by atomic mass is 10.2. The van der Waals surface area contributed by atoms with E-state index in [9.17, 15) is 9.59 Å². The standard InChI is InChI=1S/C29H26N6O6/c1-35(2)28(37)19-9-6-10-20(13-19)40-27-24-26(39-16-23(36)32-24)33-29(34-27)41-22-14-18(25(30)31)11-12-21(22)38-15-17-7-4-3-5-8-17/h3-14H,15-16H2,1-2H3,(H3,30,31)(H,32,36). The molecule has 0 unspecified atom stereocenters. The van der Waals surface area contributed by atoms with Crippen molar-refractivity contribution >= 4 is 23.3 Å². The summed E-state index contributed by atoms with van der Waals surface area (Å²) < 4.78 is 23.5. The van der Waals surface area contributed by atoms with Crippen molar-refractivity contribution < 1.29 is 28.5 Å². The second kappa shape index (κ2) is 11.6. The fourth-order valence-electron chi connectivity index (χ4n) is 3.81. The van der Waals surface area contributed by atoms with E-state index in [1.165, 1.54) is 11.0 Å². The highest BCUT2D eigenvalue weighted by Gasteiger charge is 2.26. The van der Waals surface area contributed by atoms with E-state index in [1.807, 2.05) is 30.3 Å². The van der Waals surface area contributed by atoms with Crippen LogP contribution >= 0.6 is 0 Å². The Hall–Kier alpha value is -5.65. The largest absolute Gasteiger partial charge is 0.485 e. The summed E-state index contributed by atoms with van der Waals surface area (Å²) >= 11 is 0. The van der Waals surface area contributed by atoms with E-state index in [0.717, 1.165) is 5.56 Å². The molecular formula is C29H26N6O6. The van der Waals surface area contributed by atoms with E-state index < -0.39 is 5.91 Å². The van der Waals surface area contributed by atoms with Gasteiger partial charge >= 0.3 is 6.01 Å². The van der Waals surface area contributed by atoms with Crippen molar-refractivity contribution in [2.75, 3.05) is 26.0 Å². The molecule has 0 saturated heterocycles. The van der Waals surface area contributed by atoms with Gasteiger partial charge in [-0.3, -0.25) is 15.0 Å². The molecule has 3 aromatic carbocycles. The van der Waals surface area contributed by atoms with E-state index in [0.29, 0.717) is 16.9 Å². The number of hydrogen-bond donors (Lipinski definition) is 3. The Labute approximate surface area is 235 Å². The summed E-state index contributed by atoms with van der Waals surface area (Å²) in [5.74, 6) is -0.00436. The van der Waals surface area contributed by atoms with E-state index in [2.05, 4.69) is 15.3 Å². The van der Waals surface area contributed by atoms with Crippen LogP contribution in [0.3, 0.4) is 0 Å². The Balaban J connectivity index is 1.49. The number of benzene rings is 3. The van der Waals surface area contributed by atoms with Gasteiger partial charge in [0.15, 0.2) is 23.8 Å². The monoisotopic (exact) mass is 554 g/mol. The Morgan fingerprint density at radius 1 is 1.00 bits per heavy atom. The number of rotatable bonds is 9. The van der Waals surface area contributed by atoms with Crippen molar-refractivity contribution in [1.82, 2.24) is 14.9 Å². The van der Waals surface area contributed by atoms with Gasteiger partial charge in [0.1, 0.15) is 18.2 Å². The van der Waals surface area contributed by atoms with Gasteiger partial charge in [0.25, 0.3) is 17.7 Å². The minimum absolute atomic E-state index is 0.0274. The van der Waals surface area contributed by atoms with Gasteiger partial charge in [0.2, 0.25) is 5.88 Å². The molecule has 5 rings (SSSR count). The molecule has 0 aliphatic carbocycles. The fraction of sp³-hybridized carbons (Fsp3) is 0.138. The Morgan fingerprint density at radius 3 is 2.56 bits per heavy atom. The van der Waals surface area contributed by atoms with Crippen LogP contribution < -0.4 is 30.0 Å². The minimum Gasteiger partial charge on any atom is -0.485 e. The van der Waals surface area contributed by atoms with Crippen LogP contribution in [0.4, 0.5) is 5.69 Å². The molecule has 1 aliphatic rings. The van der Waals surface area contributed by atoms with Crippen LogP contribution in [0, 0.1) is 5.41 Å². The van der Waals surface area contributed by atoms with Crippen LogP contribution in [0.2, 0.25) is 0 Å². The van der Waals surface area contributed by atoms with Crippen LogP contribution in [0.15, 0.2) is 72.8 Å². The maximum atomic E-state index is 12.4. The van der Waals surface area contributed by atoms with Crippen LogP contribution in [-0.2, 0) is 11.4 Å². The number of carbonyl (C=O) groups is 2. The zero-order valence-corrected chi connectivity index (χ0v) is 22.2. The number of nitrogen functional groups attached to an aromatic ring is 1. The van der Waals surface area contributed by atoms with Gasteiger partial charge in [-0.2, -0.15) is 9.97 Å². The highest BCUT2D eigenvalue weighted by molar-refractivity contribution is 5.97. The third-order valence-electron chi connectivity index (χ3n) is 5.82. The van der Waals surface area contributed by atoms with Gasteiger partial charge in [-0.1, -0.05) is 36.4 Å². The Morgan fingerprint density at radius 2 is 1.80 bits per heavy atom. The third kappa shape index (κ3) is 6.33. The zero-order chi connectivity index (χ0) is 28.9. The molecule has 12 heteroatoms. The van der Waals surface area contributed by atoms with Crippen LogP contribution in [0.5, 0.6) is 35.0 Å². The van der Waals surface area contributed by atoms with E-state index in [-0.39, 0.29) is 59.9 Å². The molecule has 2 heterocycles.